The van der Waals surface area contributed by atoms with Gasteiger partial charge >= 0.3 is 0 Å². The van der Waals surface area contributed by atoms with Crippen molar-refractivity contribution in [3.05, 3.63) is 46.5 Å². The lowest BCUT2D eigenvalue weighted by Gasteiger charge is -2.15. The fourth-order valence-corrected chi connectivity index (χ4v) is 5.95. The molecule has 1 N–H and O–H groups in total. The molecule has 2 heterocycles. The molecular weight excluding hydrogens is 364 g/mol. The molecular formula is C21H28O5S. The number of ether oxygens (including phenoxy) is 2. The highest BCUT2D eigenvalue weighted by Crippen LogP contribution is 2.38. The summed E-state index contributed by atoms with van der Waals surface area (Å²) in [4.78, 5) is 0. The van der Waals surface area contributed by atoms with Gasteiger partial charge in [-0.25, -0.2) is 8.42 Å². The van der Waals surface area contributed by atoms with Crippen molar-refractivity contribution in [2.24, 2.45) is 0 Å². The lowest BCUT2D eigenvalue weighted by Crippen LogP contribution is -2.19. The van der Waals surface area contributed by atoms with Crippen molar-refractivity contribution in [3.8, 4) is 5.75 Å². The molecule has 0 amide bonds. The highest BCUT2D eigenvalue weighted by Gasteiger charge is 2.46. The molecule has 148 valence electrons. The van der Waals surface area contributed by atoms with Crippen LogP contribution in [0.1, 0.15) is 38.2 Å². The molecule has 1 fully saturated rings. The Bertz CT molecular complexity index is 821. The van der Waals surface area contributed by atoms with Crippen LogP contribution in [0.2, 0.25) is 0 Å². The van der Waals surface area contributed by atoms with Gasteiger partial charge in [-0.15, -0.1) is 0 Å². The molecule has 0 aliphatic carbocycles. The summed E-state index contributed by atoms with van der Waals surface area (Å²) in [5.41, 5.74) is 4.19. The summed E-state index contributed by atoms with van der Waals surface area (Å²) in [5, 5.41) is 8.95. The summed E-state index contributed by atoms with van der Waals surface area (Å²) < 4.78 is 35.8. The number of hydrogen-bond donors (Lipinski definition) is 1. The third-order valence-electron chi connectivity index (χ3n) is 5.24. The molecule has 27 heavy (non-hydrogen) atoms. The topological polar surface area (TPSA) is 72.8 Å². The van der Waals surface area contributed by atoms with Crippen LogP contribution in [-0.2, 0) is 19.3 Å². The number of fused-ring (bicyclic) bond motifs is 1. The third kappa shape index (κ3) is 4.62. The van der Waals surface area contributed by atoms with Crippen LogP contribution in [0.4, 0.5) is 0 Å². The Morgan fingerprint density at radius 3 is 2.70 bits per heavy atom. The molecule has 1 aromatic rings. The molecule has 6 heteroatoms. The quantitative estimate of drug-likeness (QED) is 0.686. The monoisotopic (exact) mass is 392 g/mol. The molecule has 0 spiro atoms. The van der Waals surface area contributed by atoms with E-state index in [9.17, 15) is 13.5 Å². The van der Waals surface area contributed by atoms with E-state index in [4.69, 9.17) is 9.47 Å². The van der Waals surface area contributed by atoms with Gasteiger partial charge in [0, 0.05) is 7.11 Å². The number of methoxy groups -OCH3 is 1. The smallest absolute Gasteiger partial charge is 0.163 e. The molecule has 0 saturated carbocycles. The van der Waals surface area contributed by atoms with Crippen molar-refractivity contribution in [2.75, 3.05) is 26.1 Å². The molecule has 2 aliphatic rings. The van der Waals surface area contributed by atoms with Crippen LogP contribution in [0, 0.1) is 0 Å². The first-order valence-electron chi connectivity index (χ1n) is 9.47. The summed E-state index contributed by atoms with van der Waals surface area (Å²) in [6.45, 7) is 2.77. The zero-order chi connectivity index (χ0) is 19.4. The second kappa shape index (κ2) is 8.59. The van der Waals surface area contributed by atoms with Gasteiger partial charge in [0.25, 0.3) is 0 Å². The Morgan fingerprint density at radius 1 is 1.30 bits per heavy atom. The average molecular weight is 393 g/mol. The van der Waals surface area contributed by atoms with Crippen molar-refractivity contribution < 1.29 is 23.0 Å². The SMILES string of the molecule is CCC/C(=C\c1ccc(O)cc1)CC[C@H]1OC[C@H]2C1=C(COC)CS2(=O)=O. The van der Waals surface area contributed by atoms with Crippen LogP contribution >= 0.6 is 0 Å². The van der Waals surface area contributed by atoms with E-state index in [1.807, 2.05) is 12.1 Å². The van der Waals surface area contributed by atoms with Crippen LogP contribution < -0.4 is 0 Å². The fraction of sp³-hybridized carbons (Fsp3) is 0.524. The Hall–Kier alpha value is -1.63. The first-order valence-corrected chi connectivity index (χ1v) is 11.2. The number of aromatic hydroxyl groups is 1. The normalized spacial score (nSPS) is 24.4. The zero-order valence-electron chi connectivity index (χ0n) is 16.0. The standard InChI is InChI=1S/C21H28O5S/c1-3-4-15(11-16-5-8-18(22)9-6-16)7-10-19-21-17(12-25-2)14-27(23,24)20(21)13-26-19/h5-6,8-9,11,19-20,22H,3-4,7,10,12-14H2,1-2H3/b15-11+/t19-,20+/m1/s1. The molecule has 2 aliphatic heterocycles. The Kier molecular flexibility index (Phi) is 6.40. The van der Waals surface area contributed by atoms with Gasteiger partial charge in [0.1, 0.15) is 11.0 Å². The van der Waals surface area contributed by atoms with E-state index in [2.05, 4.69) is 13.0 Å². The minimum Gasteiger partial charge on any atom is -0.508 e. The summed E-state index contributed by atoms with van der Waals surface area (Å²) in [5.74, 6) is 0.362. The van der Waals surface area contributed by atoms with Crippen molar-refractivity contribution in [1.29, 1.82) is 0 Å². The largest absolute Gasteiger partial charge is 0.508 e. The van der Waals surface area contributed by atoms with Crippen LogP contribution in [0.25, 0.3) is 6.08 Å². The van der Waals surface area contributed by atoms with E-state index < -0.39 is 15.1 Å². The first-order chi connectivity index (χ1) is 12.9. The molecule has 2 atom stereocenters. The van der Waals surface area contributed by atoms with Gasteiger partial charge in [0.05, 0.1) is 25.1 Å². The van der Waals surface area contributed by atoms with Crippen molar-refractivity contribution >= 4 is 15.9 Å². The molecule has 5 nitrogen and oxygen atoms in total. The third-order valence-corrected chi connectivity index (χ3v) is 7.25. The predicted molar refractivity (Wildman–Crippen MR) is 106 cm³/mol. The highest BCUT2D eigenvalue weighted by molar-refractivity contribution is 7.92. The van der Waals surface area contributed by atoms with Gasteiger partial charge < -0.3 is 14.6 Å². The minimum absolute atomic E-state index is 0.103. The molecule has 0 unspecified atom stereocenters. The van der Waals surface area contributed by atoms with E-state index in [1.54, 1.807) is 19.2 Å². The second-order valence-electron chi connectivity index (χ2n) is 7.29. The maximum atomic E-state index is 12.4. The summed E-state index contributed by atoms with van der Waals surface area (Å²) >= 11 is 0. The van der Waals surface area contributed by atoms with Gasteiger partial charge in [0.2, 0.25) is 0 Å². The lowest BCUT2D eigenvalue weighted by atomic mass is 9.95. The van der Waals surface area contributed by atoms with E-state index in [0.717, 1.165) is 42.4 Å². The van der Waals surface area contributed by atoms with Crippen LogP contribution in [0.15, 0.2) is 41.0 Å². The Labute approximate surface area is 161 Å². The van der Waals surface area contributed by atoms with Gasteiger partial charge in [-0.05, 0) is 48.1 Å². The lowest BCUT2D eigenvalue weighted by molar-refractivity contribution is 0.116. The molecule has 0 aromatic heterocycles. The maximum Gasteiger partial charge on any atom is 0.163 e. The van der Waals surface area contributed by atoms with E-state index in [1.165, 1.54) is 5.57 Å². The minimum atomic E-state index is -3.15. The summed E-state index contributed by atoms with van der Waals surface area (Å²) in [6.07, 6.45) is 5.68. The summed E-state index contributed by atoms with van der Waals surface area (Å²) in [6, 6.07) is 7.17. The Morgan fingerprint density at radius 2 is 2.04 bits per heavy atom. The average Bonchev–Trinajstić information content (AvgIpc) is 3.16. The van der Waals surface area contributed by atoms with Crippen LogP contribution in [-0.4, -0.2) is 51.0 Å². The number of hydrogen-bond acceptors (Lipinski definition) is 5. The molecule has 3 rings (SSSR count). The predicted octanol–water partition coefficient (Wildman–Crippen LogP) is 3.49. The molecule has 0 radical (unpaired) electrons. The van der Waals surface area contributed by atoms with E-state index in [-0.39, 0.29) is 24.2 Å². The van der Waals surface area contributed by atoms with Crippen molar-refractivity contribution in [1.82, 2.24) is 0 Å². The number of phenolic OH excluding ortho intramolecular Hbond substituents is 1. The van der Waals surface area contributed by atoms with Crippen molar-refractivity contribution in [3.63, 3.8) is 0 Å². The molecule has 1 aromatic carbocycles. The van der Waals surface area contributed by atoms with Crippen molar-refractivity contribution in [2.45, 2.75) is 44.0 Å². The maximum absolute atomic E-state index is 12.4. The summed E-state index contributed by atoms with van der Waals surface area (Å²) in [7, 11) is -1.55. The number of sulfone groups is 1. The number of rotatable bonds is 8. The van der Waals surface area contributed by atoms with Crippen LogP contribution in [0.3, 0.4) is 0 Å². The van der Waals surface area contributed by atoms with Crippen LogP contribution in [0.5, 0.6) is 5.75 Å². The second-order valence-corrected chi connectivity index (χ2v) is 9.48. The number of benzene rings is 1. The first kappa shape index (κ1) is 20.1. The fourth-order valence-electron chi connectivity index (χ4n) is 4.02. The van der Waals surface area contributed by atoms with E-state index in [0.29, 0.717) is 6.61 Å². The number of phenols is 1. The van der Waals surface area contributed by atoms with E-state index >= 15 is 0 Å². The molecule has 1 saturated heterocycles. The van der Waals surface area contributed by atoms with Gasteiger partial charge in [-0.3, -0.25) is 0 Å². The zero-order valence-corrected chi connectivity index (χ0v) is 16.8. The highest BCUT2D eigenvalue weighted by atomic mass is 32.2. The number of allylic oxidation sites excluding steroid dienone is 1. The molecule has 0 bridgehead atoms. The van der Waals surface area contributed by atoms with Gasteiger partial charge in [-0.1, -0.05) is 37.1 Å². The van der Waals surface area contributed by atoms with Gasteiger partial charge in [-0.2, -0.15) is 0 Å². The Balaban J connectivity index is 1.73. The van der Waals surface area contributed by atoms with Gasteiger partial charge in [0.15, 0.2) is 9.84 Å².